The van der Waals surface area contributed by atoms with Crippen LogP contribution in [0.5, 0.6) is 0 Å². The van der Waals surface area contributed by atoms with Crippen LogP contribution in [-0.4, -0.2) is 79.6 Å². The molecular formula is C26H33N9O7. The average Bonchev–Trinajstić information content (AvgIpc) is 2.95. The van der Waals surface area contributed by atoms with Crippen molar-refractivity contribution in [3.05, 3.63) is 52.1 Å². The topological polar surface area (TPSA) is 254 Å². The molecule has 0 saturated heterocycles. The second-order valence-electron chi connectivity index (χ2n) is 9.38. The maximum Gasteiger partial charge on any atom is 0.326 e. The van der Waals surface area contributed by atoms with Crippen molar-refractivity contribution < 1.29 is 29.4 Å². The number of amides is 2. The number of H-pyrrole nitrogens is 1. The van der Waals surface area contributed by atoms with Crippen LogP contribution in [0.3, 0.4) is 0 Å². The van der Waals surface area contributed by atoms with E-state index in [4.69, 9.17) is 5.73 Å². The maximum atomic E-state index is 12.7. The van der Waals surface area contributed by atoms with Gasteiger partial charge in [-0.3, -0.25) is 19.4 Å². The van der Waals surface area contributed by atoms with Crippen LogP contribution in [0.15, 0.2) is 35.3 Å². The van der Waals surface area contributed by atoms with Gasteiger partial charge in [-0.1, -0.05) is 0 Å². The van der Waals surface area contributed by atoms with Gasteiger partial charge in [0.1, 0.15) is 12.1 Å². The van der Waals surface area contributed by atoms with E-state index in [1.165, 1.54) is 18.3 Å². The summed E-state index contributed by atoms with van der Waals surface area (Å²) < 4.78 is 0. The van der Waals surface area contributed by atoms with Crippen molar-refractivity contribution in [3.63, 3.8) is 0 Å². The van der Waals surface area contributed by atoms with E-state index < -0.39 is 41.4 Å². The van der Waals surface area contributed by atoms with Gasteiger partial charge in [-0.2, -0.15) is 4.98 Å². The standard InChI is InChI=1S/C26H33N9O7/c1-28-11-3-2-4-17(24(39)40)32-19(36)10-9-18(25(41)42)33-22(37)14-5-7-15(8-6-14)29-12-16-13-30-21-20(31-16)23(38)35-26(27)34-21/h5-8,13,17-18,28-29H,2-4,9-12H2,1H3,(H,32,36)(H,33,37)(H,39,40)(H,41,42)(H3,27,30,34,35,38). The molecule has 0 fully saturated rings. The highest BCUT2D eigenvalue weighted by Crippen LogP contribution is 2.12. The molecule has 0 aliphatic carbocycles. The summed E-state index contributed by atoms with van der Waals surface area (Å²) in [5, 5.41) is 29.7. The van der Waals surface area contributed by atoms with E-state index in [-0.39, 0.29) is 48.5 Å². The van der Waals surface area contributed by atoms with Crippen molar-refractivity contribution in [1.82, 2.24) is 35.9 Å². The van der Waals surface area contributed by atoms with Crippen LogP contribution in [0.1, 0.15) is 48.2 Å². The number of nitrogens with zero attached hydrogens (tertiary/aromatic N) is 3. The third-order valence-electron chi connectivity index (χ3n) is 6.17. The Bertz CT molecular complexity index is 1480. The largest absolute Gasteiger partial charge is 0.480 e. The number of benzene rings is 1. The summed E-state index contributed by atoms with van der Waals surface area (Å²) in [4.78, 5) is 74.7. The van der Waals surface area contributed by atoms with Gasteiger partial charge in [-0.05, 0) is 63.5 Å². The Labute approximate surface area is 239 Å². The minimum Gasteiger partial charge on any atom is -0.480 e. The SMILES string of the molecule is CNCCCCC(NC(=O)CCC(NC(=O)c1ccc(NCc2cnc3nc(N)[nH]c(=O)c3n2)cc1)C(=O)O)C(=O)O. The van der Waals surface area contributed by atoms with E-state index >= 15 is 0 Å². The minimum absolute atomic E-state index is 0.0443. The monoisotopic (exact) mass is 583 g/mol. The average molecular weight is 584 g/mol. The van der Waals surface area contributed by atoms with E-state index in [0.717, 1.165) is 13.0 Å². The molecule has 2 atom stereocenters. The molecule has 9 N–H and O–H groups in total. The Morgan fingerprint density at radius 1 is 0.976 bits per heavy atom. The highest BCUT2D eigenvalue weighted by Gasteiger charge is 2.24. The molecule has 0 spiro atoms. The first kappa shape index (κ1) is 31.4. The zero-order valence-corrected chi connectivity index (χ0v) is 22.8. The molecule has 0 aliphatic rings. The molecular weight excluding hydrogens is 550 g/mol. The van der Waals surface area contributed by atoms with Crippen LogP contribution in [-0.2, 0) is 20.9 Å². The van der Waals surface area contributed by atoms with E-state index in [0.29, 0.717) is 17.8 Å². The van der Waals surface area contributed by atoms with E-state index in [9.17, 15) is 34.2 Å². The highest BCUT2D eigenvalue weighted by molar-refractivity contribution is 5.97. The summed E-state index contributed by atoms with van der Waals surface area (Å²) in [7, 11) is 1.78. The molecule has 2 aromatic heterocycles. The zero-order valence-electron chi connectivity index (χ0n) is 22.8. The minimum atomic E-state index is -1.36. The summed E-state index contributed by atoms with van der Waals surface area (Å²) in [6.45, 7) is 0.929. The van der Waals surface area contributed by atoms with E-state index in [1.807, 2.05) is 0 Å². The first-order chi connectivity index (χ1) is 20.1. The van der Waals surface area contributed by atoms with Crippen LogP contribution in [0, 0.1) is 0 Å². The number of nitrogens with one attached hydrogen (secondary N) is 5. The van der Waals surface area contributed by atoms with Crippen LogP contribution >= 0.6 is 0 Å². The Hall–Kier alpha value is -5.12. The number of aliphatic carboxylic acids is 2. The first-order valence-corrected chi connectivity index (χ1v) is 13.1. The quantitative estimate of drug-likeness (QED) is 0.102. The normalized spacial score (nSPS) is 12.3. The van der Waals surface area contributed by atoms with E-state index in [2.05, 4.69) is 41.2 Å². The number of carboxylic acid groups (broad SMARTS) is 2. The van der Waals surface area contributed by atoms with Gasteiger partial charge in [0.15, 0.2) is 11.2 Å². The molecule has 16 nitrogen and oxygen atoms in total. The fourth-order valence-electron chi connectivity index (χ4n) is 3.94. The van der Waals surface area contributed by atoms with Gasteiger partial charge in [0.2, 0.25) is 11.9 Å². The number of carbonyl (C=O) groups is 4. The number of rotatable bonds is 16. The van der Waals surface area contributed by atoms with Crippen molar-refractivity contribution in [1.29, 1.82) is 0 Å². The first-order valence-electron chi connectivity index (χ1n) is 13.1. The molecule has 1 aromatic carbocycles. The van der Waals surface area contributed by atoms with Crippen LogP contribution in [0.2, 0.25) is 0 Å². The summed E-state index contributed by atoms with van der Waals surface area (Å²) in [6.07, 6.45) is 2.52. The molecule has 2 unspecified atom stereocenters. The van der Waals surface area contributed by atoms with Crippen molar-refractivity contribution in [3.8, 4) is 0 Å². The smallest absolute Gasteiger partial charge is 0.326 e. The maximum absolute atomic E-state index is 12.7. The van der Waals surface area contributed by atoms with Crippen LogP contribution in [0.25, 0.3) is 11.2 Å². The summed E-state index contributed by atoms with van der Waals surface area (Å²) in [5.74, 6) is -3.84. The molecule has 3 rings (SSSR count). The number of fused-ring (bicyclic) bond motifs is 1. The van der Waals surface area contributed by atoms with Gasteiger partial charge in [0.05, 0.1) is 18.4 Å². The van der Waals surface area contributed by atoms with Crippen molar-refractivity contribution in [2.45, 2.75) is 50.7 Å². The zero-order chi connectivity index (χ0) is 30.6. The molecule has 0 radical (unpaired) electrons. The molecule has 16 heteroatoms. The highest BCUT2D eigenvalue weighted by atomic mass is 16.4. The third-order valence-corrected chi connectivity index (χ3v) is 6.17. The lowest BCUT2D eigenvalue weighted by atomic mass is 10.1. The lowest BCUT2D eigenvalue weighted by Gasteiger charge is -2.17. The van der Waals surface area contributed by atoms with Gasteiger partial charge in [0.25, 0.3) is 11.5 Å². The number of hydrogen-bond acceptors (Lipinski definition) is 11. The Balaban J connectivity index is 1.51. The molecule has 3 aromatic rings. The second-order valence-corrected chi connectivity index (χ2v) is 9.38. The van der Waals surface area contributed by atoms with Crippen molar-refractivity contribution >= 4 is 46.6 Å². The number of anilines is 2. The number of unbranched alkanes of at least 4 members (excludes halogenated alkanes) is 1. The lowest BCUT2D eigenvalue weighted by molar-refractivity contribution is -0.142. The van der Waals surface area contributed by atoms with Gasteiger partial charge in [-0.15, -0.1) is 0 Å². The van der Waals surface area contributed by atoms with Crippen molar-refractivity contribution in [2.75, 3.05) is 24.6 Å². The number of carboxylic acids is 2. The van der Waals surface area contributed by atoms with Crippen LogP contribution in [0.4, 0.5) is 11.6 Å². The van der Waals surface area contributed by atoms with Gasteiger partial charge in [0, 0.05) is 17.7 Å². The number of hydrogen-bond donors (Lipinski definition) is 8. The fraction of sp³-hybridized carbons (Fsp3) is 0.385. The predicted octanol–water partition coefficient (Wildman–Crippen LogP) is -0.170. The molecule has 0 bridgehead atoms. The Morgan fingerprint density at radius 3 is 2.33 bits per heavy atom. The predicted molar refractivity (Wildman–Crippen MR) is 152 cm³/mol. The fourth-order valence-corrected chi connectivity index (χ4v) is 3.94. The Morgan fingerprint density at radius 2 is 1.67 bits per heavy atom. The summed E-state index contributed by atoms with van der Waals surface area (Å²) in [5.41, 5.74) is 6.41. The summed E-state index contributed by atoms with van der Waals surface area (Å²) in [6, 6.07) is 3.73. The molecule has 2 heterocycles. The number of nitrogens with two attached hydrogens (primary N) is 1. The van der Waals surface area contributed by atoms with E-state index in [1.54, 1.807) is 19.2 Å². The van der Waals surface area contributed by atoms with Gasteiger partial charge in [-0.25, -0.2) is 19.6 Å². The number of nitrogen functional groups attached to an aromatic ring is 1. The van der Waals surface area contributed by atoms with Crippen molar-refractivity contribution in [2.24, 2.45) is 0 Å². The number of carbonyl (C=O) groups excluding carboxylic acids is 2. The second kappa shape index (κ2) is 15.0. The summed E-state index contributed by atoms with van der Waals surface area (Å²) >= 11 is 0. The molecule has 2 amide bonds. The molecule has 42 heavy (non-hydrogen) atoms. The Kier molecular flexibility index (Phi) is 11.2. The van der Waals surface area contributed by atoms with Gasteiger partial charge >= 0.3 is 11.9 Å². The molecule has 0 aliphatic heterocycles. The molecule has 224 valence electrons. The number of aromatic amines is 1. The number of aromatic nitrogens is 4. The van der Waals surface area contributed by atoms with Gasteiger partial charge < -0.3 is 37.2 Å². The lowest BCUT2D eigenvalue weighted by Crippen LogP contribution is -2.44. The third kappa shape index (κ3) is 9.22. The molecule has 0 saturated carbocycles. The van der Waals surface area contributed by atoms with Crippen LogP contribution < -0.4 is 32.6 Å².